The van der Waals surface area contributed by atoms with Crippen LogP contribution in [0.2, 0.25) is 0 Å². The number of carbonyl (C=O) groups excluding carboxylic acids is 3. The van der Waals surface area contributed by atoms with Gasteiger partial charge in [-0.2, -0.15) is 5.26 Å². The standard InChI is InChI=1S/C50H48F2N8O5/c51-34-15-18-58(26-34)43-10-8-41(52)46(40(43)23-53)65-37-6-9-42-39(20-37)49(64)60(29-54-42)36-4-2-35(3-5-36)57-16-13-30(14-17-57)24-56-27-50(28-56)21-33(22-50)31-1-7-38-32(19-31)25-59(48(38)63)44-11-12-45(61)55-47(44)62/h1-10,19-20,29-30,33-34,44H,11-18,21-22,24-28H2,(H,55,61,62)/t34-,44?/m1/s1. The van der Waals surface area contributed by atoms with Crippen molar-refractivity contribution in [2.75, 3.05) is 55.6 Å². The minimum Gasteiger partial charge on any atom is -0.453 e. The smallest absolute Gasteiger partial charge is 0.265 e. The summed E-state index contributed by atoms with van der Waals surface area (Å²) in [5.41, 5.74) is 5.56. The zero-order chi connectivity index (χ0) is 44.6. The van der Waals surface area contributed by atoms with E-state index in [-0.39, 0.29) is 58.7 Å². The van der Waals surface area contributed by atoms with Crippen molar-refractivity contribution in [1.82, 2.24) is 24.7 Å². The molecule has 1 unspecified atom stereocenters. The van der Waals surface area contributed by atoms with Gasteiger partial charge in [0.1, 0.15) is 35.9 Å². The zero-order valence-corrected chi connectivity index (χ0v) is 35.8. The molecule has 5 aliphatic heterocycles. The molecule has 13 nitrogen and oxygen atoms in total. The average Bonchev–Trinajstić information content (AvgIpc) is 3.86. The first kappa shape index (κ1) is 41.1. The molecule has 1 N–H and O–H groups in total. The minimum atomic E-state index is -1.02. The maximum Gasteiger partial charge on any atom is 0.265 e. The minimum absolute atomic E-state index is 0.0288. The Labute approximate surface area is 374 Å². The second kappa shape index (κ2) is 16.1. The summed E-state index contributed by atoms with van der Waals surface area (Å²) in [7, 11) is 0. The van der Waals surface area contributed by atoms with Crippen LogP contribution in [0.4, 0.5) is 20.2 Å². The predicted octanol–water partition coefficient (Wildman–Crippen LogP) is 6.59. The number of carbonyl (C=O) groups is 3. The number of aromatic nitrogens is 2. The number of nitriles is 1. The fraction of sp³-hybridized carbons (Fsp3) is 0.400. The summed E-state index contributed by atoms with van der Waals surface area (Å²) in [4.78, 5) is 64.0. The molecular weight excluding hydrogens is 831 g/mol. The second-order valence-corrected chi connectivity index (χ2v) is 19.0. The Balaban J connectivity index is 0.672. The molecule has 5 fully saturated rings. The van der Waals surface area contributed by atoms with Gasteiger partial charge in [-0.25, -0.2) is 13.8 Å². The number of alkyl halides is 1. The zero-order valence-electron chi connectivity index (χ0n) is 35.8. The average molecular weight is 879 g/mol. The number of halogens is 2. The van der Waals surface area contributed by atoms with Crippen molar-refractivity contribution in [3.05, 3.63) is 118 Å². The lowest BCUT2D eigenvalue weighted by atomic mass is 9.56. The molecule has 1 spiro atoms. The molecule has 65 heavy (non-hydrogen) atoms. The van der Waals surface area contributed by atoms with Crippen molar-refractivity contribution < 1.29 is 27.9 Å². The van der Waals surface area contributed by atoms with E-state index in [0.29, 0.717) is 65.6 Å². The van der Waals surface area contributed by atoms with Crippen LogP contribution >= 0.6 is 0 Å². The number of ether oxygens (including phenoxy) is 1. The first-order chi connectivity index (χ1) is 31.5. The van der Waals surface area contributed by atoms with Crippen molar-refractivity contribution >= 4 is 40.0 Å². The van der Waals surface area contributed by atoms with E-state index in [1.165, 1.54) is 34.7 Å². The lowest BCUT2D eigenvalue weighted by Gasteiger charge is -2.60. The molecule has 6 heterocycles. The molecule has 0 bridgehead atoms. The number of likely N-dealkylation sites (tertiary alicyclic amines) is 1. The van der Waals surface area contributed by atoms with Gasteiger partial charge < -0.3 is 24.3 Å². The van der Waals surface area contributed by atoms with E-state index in [0.717, 1.165) is 69.7 Å². The molecule has 1 saturated carbocycles. The number of rotatable bonds is 9. The number of amides is 3. The highest BCUT2D eigenvalue weighted by Gasteiger charge is 2.53. The largest absolute Gasteiger partial charge is 0.453 e. The lowest BCUT2D eigenvalue weighted by molar-refractivity contribution is -0.136. The monoisotopic (exact) mass is 878 g/mol. The van der Waals surface area contributed by atoms with Crippen molar-refractivity contribution in [2.24, 2.45) is 11.3 Å². The highest BCUT2D eigenvalue weighted by Crippen LogP contribution is 2.56. The Morgan fingerprint density at radius 1 is 0.877 bits per heavy atom. The molecule has 6 aliphatic rings. The van der Waals surface area contributed by atoms with Gasteiger partial charge in [0.2, 0.25) is 11.8 Å². The molecule has 4 aromatic carbocycles. The SMILES string of the molecule is N#Cc1c(N2CC[C@@H](F)C2)ccc(F)c1Oc1ccc2ncn(-c3ccc(N4CCC(CN5CC6(CC(c7ccc8c(c7)CN(C7CCC(=O)NC7=O)C8=O)C6)C5)CC4)cc3)c(=O)c2c1. The molecule has 0 radical (unpaired) electrons. The summed E-state index contributed by atoms with van der Waals surface area (Å²) in [6.07, 6.45) is 5.95. The van der Waals surface area contributed by atoms with Crippen LogP contribution < -0.4 is 25.4 Å². The van der Waals surface area contributed by atoms with Crippen LogP contribution in [0.15, 0.2) is 83.9 Å². The number of nitrogens with zero attached hydrogens (tertiary/aromatic N) is 7. The number of hydrogen-bond acceptors (Lipinski definition) is 10. The molecule has 2 atom stereocenters. The maximum absolute atomic E-state index is 15.1. The van der Waals surface area contributed by atoms with E-state index in [1.54, 1.807) is 21.9 Å². The fourth-order valence-corrected chi connectivity index (χ4v) is 11.3. The topological polar surface area (TPSA) is 144 Å². The Hall–Kier alpha value is -6.66. The van der Waals surface area contributed by atoms with Crippen LogP contribution in [0.5, 0.6) is 11.5 Å². The summed E-state index contributed by atoms with van der Waals surface area (Å²) in [5.74, 6) is -0.507. The van der Waals surface area contributed by atoms with Gasteiger partial charge in [0, 0.05) is 70.0 Å². The van der Waals surface area contributed by atoms with Crippen molar-refractivity contribution in [3.63, 3.8) is 0 Å². The molecule has 332 valence electrons. The van der Waals surface area contributed by atoms with Crippen molar-refractivity contribution in [2.45, 2.75) is 69.6 Å². The fourth-order valence-electron chi connectivity index (χ4n) is 11.3. The first-order valence-electron chi connectivity index (χ1n) is 22.7. The van der Waals surface area contributed by atoms with Gasteiger partial charge >= 0.3 is 0 Å². The normalized spacial score (nSPS) is 22.2. The summed E-state index contributed by atoms with van der Waals surface area (Å²) in [5, 5.41) is 12.6. The van der Waals surface area contributed by atoms with E-state index < -0.39 is 18.0 Å². The van der Waals surface area contributed by atoms with Gasteiger partial charge in [-0.1, -0.05) is 12.1 Å². The van der Waals surface area contributed by atoms with Crippen LogP contribution in [0, 0.1) is 28.5 Å². The van der Waals surface area contributed by atoms with Gasteiger partial charge in [0.15, 0.2) is 11.6 Å². The van der Waals surface area contributed by atoms with Crippen LogP contribution in [0.1, 0.15) is 77.9 Å². The molecular formula is C50H48F2N8O5. The number of hydrogen-bond donors (Lipinski definition) is 1. The van der Waals surface area contributed by atoms with E-state index in [9.17, 15) is 28.8 Å². The molecule has 5 aromatic rings. The quantitative estimate of drug-likeness (QED) is 0.161. The predicted molar refractivity (Wildman–Crippen MR) is 239 cm³/mol. The number of imide groups is 1. The Kier molecular flexibility index (Phi) is 10.2. The summed E-state index contributed by atoms with van der Waals surface area (Å²) in [6.45, 7) is 6.23. The lowest BCUT2D eigenvalue weighted by Crippen LogP contribution is -2.62. The van der Waals surface area contributed by atoms with E-state index >= 15 is 4.39 Å². The number of benzene rings is 4. The van der Waals surface area contributed by atoms with Gasteiger partial charge in [-0.3, -0.25) is 29.1 Å². The van der Waals surface area contributed by atoms with Crippen LogP contribution in [-0.2, 0) is 16.1 Å². The van der Waals surface area contributed by atoms with Crippen LogP contribution in [0.3, 0.4) is 0 Å². The van der Waals surface area contributed by atoms with Crippen LogP contribution in [-0.4, -0.2) is 95.1 Å². The summed E-state index contributed by atoms with van der Waals surface area (Å²) < 4.78 is 36.5. The van der Waals surface area contributed by atoms with Crippen molar-refractivity contribution in [1.29, 1.82) is 5.26 Å². The maximum atomic E-state index is 15.1. The van der Waals surface area contributed by atoms with Gasteiger partial charge in [-0.15, -0.1) is 0 Å². The third-order valence-corrected chi connectivity index (χ3v) is 14.7. The van der Waals surface area contributed by atoms with Crippen molar-refractivity contribution in [3.8, 4) is 23.3 Å². The molecule has 3 amide bonds. The number of fused-ring (bicyclic) bond motifs is 2. The van der Waals surface area contributed by atoms with Gasteiger partial charge in [0.25, 0.3) is 11.5 Å². The number of piperidine rings is 2. The summed E-state index contributed by atoms with van der Waals surface area (Å²) in [6, 6.07) is 22.9. The van der Waals surface area contributed by atoms with Gasteiger partial charge in [-0.05, 0) is 128 Å². The summed E-state index contributed by atoms with van der Waals surface area (Å²) >= 11 is 0. The second-order valence-electron chi connectivity index (χ2n) is 19.0. The van der Waals surface area contributed by atoms with Gasteiger partial charge in [0.05, 0.1) is 22.3 Å². The first-order valence-corrected chi connectivity index (χ1v) is 22.7. The number of nitrogens with one attached hydrogen (secondary N) is 1. The Morgan fingerprint density at radius 2 is 1.65 bits per heavy atom. The Bertz CT molecular complexity index is 2860. The van der Waals surface area contributed by atoms with E-state index in [4.69, 9.17) is 4.74 Å². The Morgan fingerprint density at radius 3 is 2.38 bits per heavy atom. The third-order valence-electron chi connectivity index (χ3n) is 14.7. The molecule has 1 aliphatic carbocycles. The van der Waals surface area contributed by atoms with E-state index in [1.807, 2.05) is 36.4 Å². The molecule has 1 aromatic heterocycles. The van der Waals surface area contributed by atoms with E-state index in [2.05, 4.69) is 32.2 Å². The number of anilines is 2. The molecule has 4 saturated heterocycles. The van der Waals surface area contributed by atoms with Crippen LogP contribution in [0.25, 0.3) is 16.6 Å². The highest BCUT2D eigenvalue weighted by molar-refractivity contribution is 6.05. The molecule has 11 rings (SSSR count). The highest BCUT2D eigenvalue weighted by atomic mass is 19.1. The third kappa shape index (κ3) is 7.47. The molecule has 15 heteroatoms.